The molecule has 1 fully saturated rings. The van der Waals surface area contributed by atoms with Gasteiger partial charge in [-0.15, -0.1) is 0 Å². The summed E-state index contributed by atoms with van der Waals surface area (Å²) in [6.07, 6.45) is 3.95. The van der Waals surface area contributed by atoms with Gasteiger partial charge in [0.15, 0.2) is 0 Å². The minimum Gasteiger partial charge on any atom is -0.340 e. The minimum absolute atomic E-state index is 0.604. The second-order valence-corrected chi connectivity index (χ2v) is 4.12. The van der Waals surface area contributed by atoms with E-state index in [2.05, 4.69) is 28.3 Å². The van der Waals surface area contributed by atoms with Crippen molar-refractivity contribution in [3.05, 3.63) is 18.2 Å². The molecule has 1 aliphatic rings. The van der Waals surface area contributed by atoms with Crippen LogP contribution in [0.3, 0.4) is 0 Å². The summed E-state index contributed by atoms with van der Waals surface area (Å²) in [7, 11) is 2.01. The molecule has 0 saturated carbocycles. The monoisotopic (exact) mass is 194 g/mol. The number of imidazole rings is 1. The van der Waals surface area contributed by atoms with Crippen molar-refractivity contribution in [2.45, 2.75) is 19.5 Å². The van der Waals surface area contributed by atoms with E-state index in [0.717, 1.165) is 26.2 Å². The first-order valence-corrected chi connectivity index (χ1v) is 5.16. The lowest BCUT2D eigenvalue weighted by molar-refractivity contribution is 0.198. The molecule has 0 spiro atoms. The Kier molecular flexibility index (Phi) is 2.84. The molecule has 14 heavy (non-hydrogen) atoms. The zero-order chi connectivity index (χ0) is 9.97. The zero-order valence-electron chi connectivity index (χ0n) is 8.90. The van der Waals surface area contributed by atoms with Crippen LogP contribution in [0.2, 0.25) is 0 Å². The van der Waals surface area contributed by atoms with Crippen molar-refractivity contribution in [2.75, 3.05) is 19.6 Å². The molecule has 1 saturated heterocycles. The normalized spacial score (nSPS) is 24.0. The molecule has 1 aromatic rings. The number of rotatable bonds is 2. The number of aromatic nitrogens is 2. The maximum atomic E-state index is 4.34. The molecule has 2 heterocycles. The van der Waals surface area contributed by atoms with Crippen molar-refractivity contribution in [1.82, 2.24) is 19.8 Å². The smallest absolute Gasteiger partial charge is 0.0947 e. The lowest BCUT2D eigenvalue weighted by Crippen LogP contribution is -2.48. The third kappa shape index (κ3) is 2.33. The van der Waals surface area contributed by atoms with Gasteiger partial charge >= 0.3 is 0 Å². The van der Waals surface area contributed by atoms with Crippen LogP contribution in [0.5, 0.6) is 0 Å². The summed E-state index contributed by atoms with van der Waals surface area (Å²) in [5.41, 5.74) is 1.17. The van der Waals surface area contributed by atoms with Gasteiger partial charge in [-0.05, 0) is 6.92 Å². The molecule has 2 rings (SSSR count). The van der Waals surface area contributed by atoms with E-state index in [0.29, 0.717) is 6.04 Å². The van der Waals surface area contributed by atoms with Crippen LogP contribution < -0.4 is 5.32 Å². The Balaban J connectivity index is 1.90. The molecule has 1 N–H and O–H groups in total. The molecule has 0 aromatic carbocycles. The summed E-state index contributed by atoms with van der Waals surface area (Å²) in [6, 6.07) is 0.604. The molecular weight excluding hydrogens is 176 g/mol. The van der Waals surface area contributed by atoms with Crippen molar-refractivity contribution < 1.29 is 0 Å². The summed E-state index contributed by atoms with van der Waals surface area (Å²) in [6.45, 7) is 6.54. The number of nitrogens with zero attached hydrogens (tertiary/aromatic N) is 3. The predicted molar refractivity (Wildman–Crippen MR) is 55.9 cm³/mol. The highest BCUT2D eigenvalue weighted by atomic mass is 15.2. The van der Waals surface area contributed by atoms with Crippen LogP contribution >= 0.6 is 0 Å². The Morgan fingerprint density at radius 1 is 1.64 bits per heavy atom. The Morgan fingerprint density at radius 3 is 3.14 bits per heavy atom. The van der Waals surface area contributed by atoms with Crippen molar-refractivity contribution in [2.24, 2.45) is 7.05 Å². The second-order valence-electron chi connectivity index (χ2n) is 4.12. The molecule has 1 atom stereocenters. The van der Waals surface area contributed by atoms with E-state index in [1.54, 1.807) is 0 Å². The highest BCUT2D eigenvalue weighted by Gasteiger charge is 2.15. The van der Waals surface area contributed by atoms with Crippen LogP contribution in [0.15, 0.2) is 12.5 Å². The molecule has 4 nitrogen and oxygen atoms in total. The Bertz CT molecular complexity index is 294. The van der Waals surface area contributed by atoms with Crippen LogP contribution in [0.1, 0.15) is 12.6 Å². The van der Waals surface area contributed by atoms with Crippen molar-refractivity contribution in [1.29, 1.82) is 0 Å². The largest absolute Gasteiger partial charge is 0.340 e. The van der Waals surface area contributed by atoms with Gasteiger partial charge in [0.05, 0.1) is 12.0 Å². The zero-order valence-corrected chi connectivity index (χ0v) is 8.90. The van der Waals surface area contributed by atoms with Crippen LogP contribution in [0.25, 0.3) is 0 Å². The summed E-state index contributed by atoms with van der Waals surface area (Å²) >= 11 is 0. The lowest BCUT2D eigenvalue weighted by atomic mass is 10.2. The third-order valence-corrected chi connectivity index (χ3v) is 2.60. The van der Waals surface area contributed by atoms with Gasteiger partial charge in [-0.2, -0.15) is 0 Å². The Hall–Kier alpha value is -0.870. The number of nitrogens with one attached hydrogen (secondary N) is 1. The van der Waals surface area contributed by atoms with Crippen LogP contribution in [0.4, 0.5) is 0 Å². The van der Waals surface area contributed by atoms with E-state index in [9.17, 15) is 0 Å². The van der Waals surface area contributed by atoms with Crippen LogP contribution in [0, 0.1) is 0 Å². The number of hydrogen-bond acceptors (Lipinski definition) is 3. The molecule has 78 valence electrons. The van der Waals surface area contributed by atoms with Crippen molar-refractivity contribution in [3.63, 3.8) is 0 Å². The molecule has 1 unspecified atom stereocenters. The molecule has 0 radical (unpaired) electrons. The predicted octanol–water partition coefficient (Wildman–Crippen LogP) is 0.214. The fourth-order valence-corrected chi connectivity index (χ4v) is 1.93. The Labute approximate surface area is 84.9 Å². The van der Waals surface area contributed by atoms with E-state index in [-0.39, 0.29) is 0 Å². The number of hydrogen-bond donors (Lipinski definition) is 1. The average molecular weight is 194 g/mol. The quantitative estimate of drug-likeness (QED) is 0.731. The van der Waals surface area contributed by atoms with Gasteiger partial charge in [0.2, 0.25) is 0 Å². The summed E-state index contributed by atoms with van der Waals surface area (Å²) in [5.74, 6) is 0. The van der Waals surface area contributed by atoms with Gasteiger partial charge in [0.25, 0.3) is 0 Å². The van der Waals surface area contributed by atoms with E-state index in [1.165, 1.54) is 5.69 Å². The van der Waals surface area contributed by atoms with Gasteiger partial charge in [-0.25, -0.2) is 4.98 Å². The maximum absolute atomic E-state index is 4.34. The summed E-state index contributed by atoms with van der Waals surface area (Å²) < 4.78 is 2.00. The average Bonchev–Trinajstić information content (AvgIpc) is 2.51. The maximum Gasteiger partial charge on any atom is 0.0947 e. The molecule has 1 aliphatic heterocycles. The van der Waals surface area contributed by atoms with Crippen LogP contribution in [-0.2, 0) is 13.6 Å². The first-order valence-electron chi connectivity index (χ1n) is 5.16. The standard InChI is InChI=1S/C10H18N4/c1-9-5-14(4-3-11-9)7-10-6-13(2)8-12-10/h6,8-9,11H,3-5,7H2,1-2H3. The van der Waals surface area contributed by atoms with Crippen molar-refractivity contribution in [3.8, 4) is 0 Å². The molecule has 0 amide bonds. The molecule has 1 aromatic heterocycles. The van der Waals surface area contributed by atoms with E-state index in [1.807, 2.05) is 17.9 Å². The fraction of sp³-hybridized carbons (Fsp3) is 0.700. The highest BCUT2D eigenvalue weighted by molar-refractivity contribution is 4.96. The van der Waals surface area contributed by atoms with Gasteiger partial charge in [0, 0.05) is 45.5 Å². The topological polar surface area (TPSA) is 33.1 Å². The SMILES string of the molecule is CC1CN(Cc2cn(C)cn2)CCN1. The second kappa shape index (κ2) is 4.11. The third-order valence-electron chi connectivity index (χ3n) is 2.60. The minimum atomic E-state index is 0.604. The summed E-state index contributed by atoms with van der Waals surface area (Å²) in [5, 5.41) is 3.44. The van der Waals surface area contributed by atoms with Crippen LogP contribution in [-0.4, -0.2) is 40.1 Å². The van der Waals surface area contributed by atoms with Gasteiger partial charge in [0.1, 0.15) is 0 Å². The van der Waals surface area contributed by atoms with Gasteiger partial charge in [-0.1, -0.05) is 0 Å². The molecule has 0 aliphatic carbocycles. The fourth-order valence-electron chi connectivity index (χ4n) is 1.93. The molecule has 4 heteroatoms. The highest BCUT2D eigenvalue weighted by Crippen LogP contribution is 2.04. The van der Waals surface area contributed by atoms with E-state index >= 15 is 0 Å². The molecule has 0 bridgehead atoms. The van der Waals surface area contributed by atoms with E-state index in [4.69, 9.17) is 0 Å². The Morgan fingerprint density at radius 2 is 2.50 bits per heavy atom. The first kappa shape index (κ1) is 9.68. The van der Waals surface area contributed by atoms with Gasteiger partial charge < -0.3 is 9.88 Å². The van der Waals surface area contributed by atoms with Crippen molar-refractivity contribution >= 4 is 0 Å². The lowest BCUT2D eigenvalue weighted by Gasteiger charge is -2.31. The number of piperazine rings is 1. The van der Waals surface area contributed by atoms with Gasteiger partial charge in [-0.3, -0.25) is 4.90 Å². The number of aryl methyl sites for hydroxylation is 1. The summed E-state index contributed by atoms with van der Waals surface area (Å²) in [4.78, 5) is 6.78. The molecular formula is C10H18N4. The van der Waals surface area contributed by atoms with E-state index < -0.39 is 0 Å². The first-order chi connectivity index (χ1) is 6.74.